The van der Waals surface area contributed by atoms with Gasteiger partial charge in [-0.2, -0.15) is 0 Å². The fraction of sp³-hybridized carbons (Fsp3) is 0.250. The van der Waals surface area contributed by atoms with Gasteiger partial charge in [0, 0.05) is 31.9 Å². The molecule has 6 heteroatoms. The first-order valence-corrected chi connectivity index (χ1v) is 7.16. The van der Waals surface area contributed by atoms with Gasteiger partial charge in [-0.3, -0.25) is 4.79 Å². The van der Waals surface area contributed by atoms with Crippen LogP contribution in [0.15, 0.2) is 42.5 Å². The first-order chi connectivity index (χ1) is 10.6. The average molecular weight is 300 g/mol. The number of piperazine rings is 1. The third kappa shape index (κ3) is 3.00. The number of nitrogens with two attached hydrogens (primary N) is 1. The van der Waals surface area contributed by atoms with Crippen LogP contribution in [0.1, 0.15) is 10.5 Å². The van der Waals surface area contributed by atoms with Gasteiger partial charge in [-0.1, -0.05) is 6.07 Å². The molecular weight excluding hydrogens is 283 g/mol. The molecule has 0 bridgehead atoms. The molecule has 2 heterocycles. The number of rotatable bonds is 2. The average Bonchev–Trinajstić information content (AvgIpc) is 2.55. The highest BCUT2D eigenvalue weighted by Gasteiger charge is 2.23. The maximum absolute atomic E-state index is 13.0. The molecule has 0 unspecified atom stereocenters. The van der Waals surface area contributed by atoms with Gasteiger partial charge in [-0.25, -0.2) is 9.37 Å². The van der Waals surface area contributed by atoms with E-state index in [2.05, 4.69) is 9.88 Å². The van der Waals surface area contributed by atoms with Crippen LogP contribution in [0.2, 0.25) is 0 Å². The Morgan fingerprint density at radius 3 is 2.36 bits per heavy atom. The largest absolute Gasteiger partial charge is 0.384 e. The molecule has 5 nitrogen and oxygen atoms in total. The smallest absolute Gasteiger partial charge is 0.272 e. The maximum atomic E-state index is 13.0. The zero-order valence-corrected chi connectivity index (χ0v) is 12.1. The number of amides is 1. The van der Waals surface area contributed by atoms with Crippen LogP contribution < -0.4 is 10.6 Å². The third-order valence-electron chi connectivity index (χ3n) is 3.75. The number of pyridine rings is 1. The lowest BCUT2D eigenvalue weighted by molar-refractivity contribution is 0.0741. The summed E-state index contributed by atoms with van der Waals surface area (Å²) in [7, 11) is 0. The molecule has 1 aromatic carbocycles. The van der Waals surface area contributed by atoms with Crippen LogP contribution in [-0.4, -0.2) is 42.0 Å². The molecule has 1 aromatic heterocycles. The summed E-state index contributed by atoms with van der Waals surface area (Å²) in [5, 5.41) is 0. The van der Waals surface area contributed by atoms with Gasteiger partial charge >= 0.3 is 0 Å². The van der Waals surface area contributed by atoms with Gasteiger partial charge in [0.25, 0.3) is 5.91 Å². The Bertz CT molecular complexity index is 666. The van der Waals surface area contributed by atoms with Crippen molar-refractivity contribution in [2.24, 2.45) is 0 Å². The molecule has 0 atom stereocenters. The Morgan fingerprint density at radius 1 is 1.05 bits per heavy atom. The fourth-order valence-corrected chi connectivity index (χ4v) is 2.55. The molecule has 0 aliphatic carbocycles. The molecule has 1 amide bonds. The van der Waals surface area contributed by atoms with Crippen LogP contribution >= 0.6 is 0 Å². The van der Waals surface area contributed by atoms with Crippen molar-refractivity contribution in [1.82, 2.24) is 9.88 Å². The molecule has 0 radical (unpaired) electrons. The van der Waals surface area contributed by atoms with E-state index in [4.69, 9.17) is 5.73 Å². The first kappa shape index (κ1) is 14.3. The summed E-state index contributed by atoms with van der Waals surface area (Å²) in [5.41, 5.74) is 6.95. The normalized spacial score (nSPS) is 15.0. The number of halogens is 1. The summed E-state index contributed by atoms with van der Waals surface area (Å²) in [6, 6.07) is 11.5. The number of aromatic nitrogens is 1. The number of carbonyl (C=O) groups excluding carboxylic acids is 1. The highest BCUT2D eigenvalue weighted by Crippen LogP contribution is 2.17. The van der Waals surface area contributed by atoms with E-state index < -0.39 is 0 Å². The minimum atomic E-state index is -0.245. The molecule has 1 aliphatic heterocycles. The fourth-order valence-electron chi connectivity index (χ4n) is 2.55. The Balaban J connectivity index is 1.64. The Labute approximate surface area is 128 Å². The number of benzene rings is 1. The van der Waals surface area contributed by atoms with Crippen LogP contribution in [0.3, 0.4) is 0 Å². The quantitative estimate of drug-likeness (QED) is 0.918. The first-order valence-electron chi connectivity index (χ1n) is 7.16. The highest BCUT2D eigenvalue weighted by atomic mass is 19.1. The zero-order chi connectivity index (χ0) is 15.5. The van der Waals surface area contributed by atoms with Crippen LogP contribution in [0, 0.1) is 5.82 Å². The molecule has 1 aliphatic rings. The summed E-state index contributed by atoms with van der Waals surface area (Å²) in [6.45, 7) is 2.62. The van der Waals surface area contributed by atoms with Gasteiger partial charge < -0.3 is 15.5 Å². The van der Waals surface area contributed by atoms with Gasteiger partial charge in [0.2, 0.25) is 0 Å². The Kier molecular flexibility index (Phi) is 3.91. The van der Waals surface area contributed by atoms with Crippen LogP contribution in [0.4, 0.5) is 15.9 Å². The highest BCUT2D eigenvalue weighted by molar-refractivity contribution is 5.92. The molecule has 3 rings (SSSR count). The SMILES string of the molecule is Nc1cccc(C(=O)N2CCN(c3ccc(F)cc3)CC2)n1. The molecular formula is C16H17FN4O. The van der Waals surface area contributed by atoms with E-state index in [1.807, 2.05) is 0 Å². The number of anilines is 2. The van der Waals surface area contributed by atoms with Crippen LogP contribution in [-0.2, 0) is 0 Å². The van der Waals surface area contributed by atoms with Crippen molar-refractivity contribution in [1.29, 1.82) is 0 Å². The monoisotopic (exact) mass is 300 g/mol. The molecule has 22 heavy (non-hydrogen) atoms. The van der Waals surface area contributed by atoms with E-state index in [0.717, 1.165) is 5.69 Å². The number of hydrogen-bond donors (Lipinski definition) is 1. The molecule has 2 aromatic rings. The van der Waals surface area contributed by atoms with Crippen molar-refractivity contribution in [2.45, 2.75) is 0 Å². The van der Waals surface area contributed by atoms with Crippen LogP contribution in [0.25, 0.3) is 0 Å². The molecule has 0 spiro atoms. The summed E-state index contributed by atoms with van der Waals surface area (Å²) in [6.07, 6.45) is 0. The van der Waals surface area contributed by atoms with Crippen molar-refractivity contribution < 1.29 is 9.18 Å². The Morgan fingerprint density at radius 2 is 1.73 bits per heavy atom. The van der Waals surface area contributed by atoms with Crippen molar-refractivity contribution in [3.05, 3.63) is 54.0 Å². The minimum Gasteiger partial charge on any atom is -0.384 e. The van der Waals surface area contributed by atoms with Gasteiger partial charge in [0.1, 0.15) is 17.3 Å². The summed E-state index contributed by atoms with van der Waals surface area (Å²) < 4.78 is 13.0. The number of carbonyl (C=O) groups is 1. The van der Waals surface area contributed by atoms with E-state index in [1.165, 1.54) is 12.1 Å². The zero-order valence-electron chi connectivity index (χ0n) is 12.1. The van der Waals surface area contributed by atoms with Crippen molar-refractivity contribution >= 4 is 17.4 Å². The molecule has 2 N–H and O–H groups in total. The predicted octanol–water partition coefficient (Wildman–Crippen LogP) is 1.77. The topological polar surface area (TPSA) is 62.5 Å². The lowest BCUT2D eigenvalue weighted by atomic mass is 10.2. The lowest BCUT2D eigenvalue weighted by Gasteiger charge is -2.36. The molecule has 0 saturated carbocycles. The predicted molar refractivity (Wildman–Crippen MR) is 83.2 cm³/mol. The third-order valence-corrected chi connectivity index (χ3v) is 3.75. The molecule has 114 valence electrons. The second-order valence-electron chi connectivity index (χ2n) is 5.20. The molecule has 1 fully saturated rings. The minimum absolute atomic E-state index is 0.106. The van der Waals surface area contributed by atoms with Crippen molar-refractivity contribution in [3.63, 3.8) is 0 Å². The number of nitrogens with zero attached hydrogens (tertiary/aromatic N) is 3. The number of hydrogen-bond acceptors (Lipinski definition) is 4. The van der Waals surface area contributed by atoms with E-state index in [9.17, 15) is 9.18 Å². The summed E-state index contributed by atoms with van der Waals surface area (Å²) >= 11 is 0. The summed E-state index contributed by atoms with van der Waals surface area (Å²) in [4.78, 5) is 20.3. The van der Waals surface area contributed by atoms with Crippen molar-refractivity contribution in [3.8, 4) is 0 Å². The Hall–Kier alpha value is -2.63. The van der Waals surface area contributed by atoms with E-state index in [0.29, 0.717) is 37.7 Å². The molecule has 1 saturated heterocycles. The van der Waals surface area contributed by atoms with E-state index in [1.54, 1.807) is 35.2 Å². The lowest BCUT2D eigenvalue weighted by Crippen LogP contribution is -2.49. The van der Waals surface area contributed by atoms with Gasteiger partial charge in [-0.05, 0) is 36.4 Å². The van der Waals surface area contributed by atoms with Crippen molar-refractivity contribution in [2.75, 3.05) is 36.8 Å². The second kappa shape index (κ2) is 6.01. The van der Waals surface area contributed by atoms with Gasteiger partial charge in [0.05, 0.1) is 0 Å². The van der Waals surface area contributed by atoms with Gasteiger partial charge in [-0.15, -0.1) is 0 Å². The maximum Gasteiger partial charge on any atom is 0.272 e. The standard InChI is InChI=1S/C16H17FN4O/c17-12-4-6-13(7-5-12)20-8-10-21(11-9-20)16(22)14-2-1-3-15(18)19-14/h1-7H,8-11H2,(H2,18,19). The second-order valence-corrected chi connectivity index (χ2v) is 5.20. The van der Waals surface area contributed by atoms with E-state index >= 15 is 0 Å². The van der Waals surface area contributed by atoms with Crippen LogP contribution in [0.5, 0.6) is 0 Å². The summed E-state index contributed by atoms with van der Waals surface area (Å²) in [5.74, 6) is -0.00726. The number of nitrogen functional groups attached to an aromatic ring is 1. The van der Waals surface area contributed by atoms with E-state index in [-0.39, 0.29) is 11.7 Å². The van der Waals surface area contributed by atoms with Gasteiger partial charge in [0.15, 0.2) is 0 Å².